The normalized spacial score (nSPS) is 28.2. The van der Waals surface area contributed by atoms with Gasteiger partial charge in [0.25, 0.3) is 0 Å². The van der Waals surface area contributed by atoms with Crippen molar-refractivity contribution in [3.63, 3.8) is 0 Å². The second-order valence-corrected chi connectivity index (χ2v) is 5.98. The van der Waals surface area contributed by atoms with Crippen molar-refractivity contribution < 1.29 is 0 Å². The predicted molar refractivity (Wildman–Crippen MR) is 65.1 cm³/mol. The van der Waals surface area contributed by atoms with Crippen LogP contribution in [-0.4, -0.2) is 36.1 Å². The average molecular weight is 210 g/mol. The van der Waals surface area contributed by atoms with E-state index < -0.39 is 0 Å². The first-order valence-electron chi connectivity index (χ1n) is 6.58. The van der Waals surface area contributed by atoms with E-state index in [0.29, 0.717) is 5.54 Å². The fourth-order valence-corrected chi connectivity index (χ4v) is 2.77. The topological polar surface area (TPSA) is 15.3 Å². The zero-order valence-corrected chi connectivity index (χ0v) is 10.6. The molecule has 1 N–H and O–H groups in total. The first kappa shape index (κ1) is 11.4. The second kappa shape index (κ2) is 4.42. The molecule has 0 bridgehead atoms. The van der Waals surface area contributed by atoms with Gasteiger partial charge in [-0.3, -0.25) is 4.90 Å². The molecule has 1 heterocycles. The molecule has 1 unspecified atom stereocenters. The van der Waals surface area contributed by atoms with Crippen LogP contribution in [-0.2, 0) is 0 Å². The molecular formula is C13H26N2. The van der Waals surface area contributed by atoms with Crippen LogP contribution < -0.4 is 5.32 Å². The molecule has 15 heavy (non-hydrogen) atoms. The van der Waals surface area contributed by atoms with Crippen molar-refractivity contribution in [1.29, 1.82) is 0 Å². The van der Waals surface area contributed by atoms with Crippen molar-refractivity contribution in [1.82, 2.24) is 10.2 Å². The lowest BCUT2D eigenvalue weighted by molar-refractivity contribution is 0.174. The third-order valence-corrected chi connectivity index (χ3v) is 4.25. The Balaban J connectivity index is 1.64. The Hall–Kier alpha value is -0.0800. The SMILES string of the molecule is CC(NCCN1CCCC1(C)C)C1CC1. The number of hydrogen-bond acceptors (Lipinski definition) is 2. The monoisotopic (exact) mass is 210 g/mol. The minimum Gasteiger partial charge on any atom is -0.313 e. The molecule has 88 valence electrons. The molecule has 1 aliphatic heterocycles. The average Bonchev–Trinajstić information content (AvgIpc) is 2.94. The van der Waals surface area contributed by atoms with Crippen molar-refractivity contribution in [3.05, 3.63) is 0 Å². The quantitative estimate of drug-likeness (QED) is 0.749. The molecule has 0 amide bonds. The summed E-state index contributed by atoms with van der Waals surface area (Å²) in [5.41, 5.74) is 0.449. The molecule has 1 aliphatic carbocycles. The number of nitrogens with zero attached hydrogens (tertiary/aromatic N) is 1. The fourth-order valence-electron chi connectivity index (χ4n) is 2.77. The van der Waals surface area contributed by atoms with Crippen LogP contribution in [0.2, 0.25) is 0 Å². The van der Waals surface area contributed by atoms with Crippen LogP contribution in [0.5, 0.6) is 0 Å². The highest BCUT2D eigenvalue weighted by Crippen LogP contribution is 2.32. The Labute approximate surface area is 94.4 Å². The number of rotatable bonds is 5. The summed E-state index contributed by atoms with van der Waals surface area (Å²) in [6.45, 7) is 10.8. The van der Waals surface area contributed by atoms with E-state index in [4.69, 9.17) is 0 Å². The van der Waals surface area contributed by atoms with Gasteiger partial charge in [-0.05, 0) is 58.9 Å². The molecule has 2 aliphatic rings. The molecule has 0 spiro atoms. The molecule has 2 heteroatoms. The summed E-state index contributed by atoms with van der Waals surface area (Å²) >= 11 is 0. The third kappa shape index (κ3) is 2.94. The molecule has 2 fully saturated rings. The molecule has 0 aromatic carbocycles. The Morgan fingerprint density at radius 2 is 2.13 bits per heavy atom. The zero-order valence-electron chi connectivity index (χ0n) is 10.6. The van der Waals surface area contributed by atoms with Gasteiger partial charge in [0.05, 0.1) is 0 Å². The molecule has 1 atom stereocenters. The summed E-state index contributed by atoms with van der Waals surface area (Å²) < 4.78 is 0. The van der Waals surface area contributed by atoms with Gasteiger partial charge >= 0.3 is 0 Å². The summed E-state index contributed by atoms with van der Waals surface area (Å²) in [4.78, 5) is 2.64. The Bertz CT molecular complexity index is 209. The molecule has 2 rings (SSSR count). The maximum absolute atomic E-state index is 3.67. The smallest absolute Gasteiger partial charge is 0.0154 e. The van der Waals surface area contributed by atoms with Crippen LogP contribution in [0.15, 0.2) is 0 Å². The highest BCUT2D eigenvalue weighted by atomic mass is 15.2. The Kier molecular flexibility index (Phi) is 3.36. The lowest BCUT2D eigenvalue weighted by atomic mass is 10.0. The minimum absolute atomic E-state index is 0.449. The highest BCUT2D eigenvalue weighted by Gasteiger charge is 2.32. The maximum Gasteiger partial charge on any atom is 0.0154 e. The molecule has 0 aromatic heterocycles. The van der Waals surface area contributed by atoms with Gasteiger partial charge in [0.1, 0.15) is 0 Å². The van der Waals surface area contributed by atoms with Crippen LogP contribution in [0, 0.1) is 5.92 Å². The largest absolute Gasteiger partial charge is 0.313 e. The van der Waals surface area contributed by atoms with Gasteiger partial charge in [-0.1, -0.05) is 0 Å². The third-order valence-electron chi connectivity index (χ3n) is 4.25. The van der Waals surface area contributed by atoms with Gasteiger partial charge in [0.15, 0.2) is 0 Å². The van der Waals surface area contributed by atoms with Crippen LogP contribution >= 0.6 is 0 Å². The van der Waals surface area contributed by atoms with Gasteiger partial charge in [0.2, 0.25) is 0 Å². The molecule has 0 radical (unpaired) electrons. The zero-order chi connectivity index (χ0) is 10.9. The van der Waals surface area contributed by atoms with E-state index in [9.17, 15) is 0 Å². The summed E-state index contributed by atoms with van der Waals surface area (Å²) in [6.07, 6.45) is 5.64. The fraction of sp³-hybridized carbons (Fsp3) is 1.00. The lowest BCUT2D eigenvalue weighted by Gasteiger charge is -2.32. The molecule has 2 nitrogen and oxygen atoms in total. The summed E-state index contributed by atoms with van der Waals surface area (Å²) in [5, 5.41) is 3.67. The second-order valence-electron chi connectivity index (χ2n) is 5.98. The molecule has 0 aromatic rings. The summed E-state index contributed by atoms with van der Waals surface area (Å²) in [5.74, 6) is 0.983. The van der Waals surface area contributed by atoms with E-state index in [0.717, 1.165) is 12.0 Å². The van der Waals surface area contributed by atoms with Gasteiger partial charge in [-0.15, -0.1) is 0 Å². The maximum atomic E-state index is 3.67. The van der Waals surface area contributed by atoms with Crippen molar-refractivity contribution in [2.75, 3.05) is 19.6 Å². The van der Waals surface area contributed by atoms with E-state index in [2.05, 4.69) is 31.0 Å². The first-order valence-corrected chi connectivity index (χ1v) is 6.58. The van der Waals surface area contributed by atoms with E-state index in [1.807, 2.05) is 0 Å². The van der Waals surface area contributed by atoms with E-state index in [1.165, 1.54) is 45.3 Å². The standard InChI is InChI=1S/C13H26N2/c1-11(12-5-6-12)14-8-10-15-9-4-7-13(15,2)3/h11-12,14H,4-10H2,1-3H3. The minimum atomic E-state index is 0.449. The number of hydrogen-bond donors (Lipinski definition) is 1. The molecule has 1 saturated heterocycles. The number of nitrogens with one attached hydrogen (secondary N) is 1. The lowest BCUT2D eigenvalue weighted by Crippen LogP contribution is -2.43. The van der Waals surface area contributed by atoms with E-state index in [-0.39, 0.29) is 0 Å². The highest BCUT2D eigenvalue weighted by molar-refractivity contribution is 4.89. The summed E-state index contributed by atoms with van der Waals surface area (Å²) in [6, 6.07) is 0.746. The van der Waals surface area contributed by atoms with Crippen molar-refractivity contribution in [3.8, 4) is 0 Å². The van der Waals surface area contributed by atoms with Gasteiger partial charge in [-0.2, -0.15) is 0 Å². The van der Waals surface area contributed by atoms with Gasteiger partial charge in [-0.25, -0.2) is 0 Å². The van der Waals surface area contributed by atoms with Crippen LogP contribution in [0.1, 0.15) is 46.5 Å². The van der Waals surface area contributed by atoms with Crippen molar-refractivity contribution >= 4 is 0 Å². The van der Waals surface area contributed by atoms with Crippen molar-refractivity contribution in [2.24, 2.45) is 5.92 Å². The van der Waals surface area contributed by atoms with Crippen LogP contribution in [0.25, 0.3) is 0 Å². The predicted octanol–water partition coefficient (Wildman–Crippen LogP) is 2.25. The molecule has 1 saturated carbocycles. The van der Waals surface area contributed by atoms with Crippen molar-refractivity contribution in [2.45, 2.75) is 58.0 Å². The molecular weight excluding hydrogens is 184 g/mol. The number of likely N-dealkylation sites (tertiary alicyclic amines) is 1. The summed E-state index contributed by atoms with van der Waals surface area (Å²) in [7, 11) is 0. The van der Waals surface area contributed by atoms with Gasteiger partial charge < -0.3 is 5.32 Å². The van der Waals surface area contributed by atoms with Gasteiger partial charge in [0, 0.05) is 24.7 Å². The first-order chi connectivity index (χ1) is 7.09. The van der Waals surface area contributed by atoms with E-state index >= 15 is 0 Å². The Morgan fingerprint density at radius 3 is 2.67 bits per heavy atom. The Morgan fingerprint density at radius 1 is 1.40 bits per heavy atom. The van der Waals surface area contributed by atoms with Crippen LogP contribution in [0.3, 0.4) is 0 Å². The van der Waals surface area contributed by atoms with Crippen LogP contribution in [0.4, 0.5) is 0 Å². The van der Waals surface area contributed by atoms with E-state index in [1.54, 1.807) is 0 Å².